The fraction of sp³-hybridized carbons (Fsp3) is 0.917. The maximum atomic E-state index is 11.4. The third kappa shape index (κ3) is 5.47. The minimum atomic E-state index is -0.876. The van der Waals surface area contributed by atoms with E-state index >= 15 is 0 Å². The van der Waals surface area contributed by atoms with Crippen molar-refractivity contribution in [3.05, 3.63) is 0 Å². The summed E-state index contributed by atoms with van der Waals surface area (Å²) >= 11 is 0. The van der Waals surface area contributed by atoms with Crippen LogP contribution in [0.1, 0.15) is 34.1 Å². The summed E-state index contributed by atoms with van der Waals surface area (Å²) in [6.07, 6.45) is 0.625. The summed E-state index contributed by atoms with van der Waals surface area (Å²) in [5, 5.41) is 0. The third-order valence-corrected chi connectivity index (χ3v) is 2.67. The highest BCUT2D eigenvalue weighted by atomic mass is 16.5. The Kier molecular flexibility index (Phi) is 6.60. The Balaban J connectivity index is 4.14. The van der Waals surface area contributed by atoms with Crippen LogP contribution in [0, 0.1) is 5.92 Å². The molecule has 0 radical (unpaired) electrons. The molecule has 0 aliphatic heterocycles. The lowest BCUT2D eigenvalue weighted by Gasteiger charge is -2.27. The molecule has 2 N–H and O–H groups in total. The van der Waals surface area contributed by atoms with Gasteiger partial charge in [0.15, 0.2) is 0 Å². The molecular weight excluding hydrogens is 204 g/mol. The van der Waals surface area contributed by atoms with E-state index < -0.39 is 5.54 Å². The van der Waals surface area contributed by atoms with Crippen LogP contribution in [0.2, 0.25) is 0 Å². The van der Waals surface area contributed by atoms with E-state index in [0.29, 0.717) is 12.3 Å². The number of nitrogens with zero attached hydrogens (tertiary/aromatic N) is 1. The maximum absolute atomic E-state index is 11.4. The number of esters is 1. The second-order valence-electron chi connectivity index (χ2n) is 4.95. The van der Waals surface area contributed by atoms with Crippen LogP contribution in [-0.2, 0) is 9.53 Å². The largest absolute Gasteiger partial charge is 0.468 e. The van der Waals surface area contributed by atoms with Gasteiger partial charge in [-0.15, -0.1) is 0 Å². The van der Waals surface area contributed by atoms with Crippen molar-refractivity contribution in [1.29, 1.82) is 0 Å². The summed E-state index contributed by atoms with van der Waals surface area (Å²) in [5.41, 5.74) is 5.03. The van der Waals surface area contributed by atoms with Gasteiger partial charge in [-0.2, -0.15) is 0 Å². The average Bonchev–Trinajstić information content (AvgIpc) is 2.22. The van der Waals surface area contributed by atoms with Crippen LogP contribution in [0.25, 0.3) is 0 Å². The molecule has 0 aliphatic rings. The zero-order chi connectivity index (χ0) is 12.8. The van der Waals surface area contributed by atoms with Gasteiger partial charge in [0, 0.05) is 13.1 Å². The lowest BCUT2D eigenvalue weighted by Crippen LogP contribution is -2.48. The highest BCUT2D eigenvalue weighted by molar-refractivity contribution is 5.79. The molecule has 0 aromatic carbocycles. The molecule has 0 bridgehead atoms. The SMILES string of the molecule is CCN(CCC(C)(N)C(=O)OC)CC(C)C. The van der Waals surface area contributed by atoms with Crippen molar-refractivity contribution < 1.29 is 9.53 Å². The van der Waals surface area contributed by atoms with E-state index in [-0.39, 0.29) is 5.97 Å². The molecule has 0 saturated heterocycles. The van der Waals surface area contributed by atoms with Gasteiger partial charge in [-0.05, 0) is 25.8 Å². The van der Waals surface area contributed by atoms with Crippen LogP contribution in [0.15, 0.2) is 0 Å². The Bertz CT molecular complexity index is 215. The Morgan fingerprint density at radius 3 is 2.44 bits per heavy atom. The number of hydrogen-bond donors (Lipinski definition) is 1. The molecule has 0 heterocycles. The topological polar surface area (TPSA) is 55.6 Å². The predicted molar refractivity (Wildman–Crippen MR) is 66.2 cm³/mol. The Labute approximate surface area is 99.1 Å². The van der Waals surface area contributed by atoms with Crippen molar-refractivity contribution in [2.75, 3.05) is 26.7 Å². The standard InChI is InChI=1S/C12H26N2O2/c1-6-14(9-10(2)3)8-7-12(4,13)11(15)16-5/h10H,6-9,13H2,1-5H3. The Morgan fingerprint density at radius 1 is 1.50 bits per heavy atom. The molecule has 4 heteroatoms. The van der Waals surface area contributed by atoms with E-state index in [1.165, 1.54) is 7.11 Å². The number of ether oxygens (including phenoxy) is 1. The summed E-state index contributed by atoms with van der Waals surface area (Å²) in [5.74, 6) is 0.287. The lowest BCUT2D eigenvalue weighted by atomic mass is 9.99. The Hall–Kier alpha value is -0.610. The normalized spacial score (nSPS) is 15.2. The van der Waals surface area contributed by atoms with Gasteiger partial charge in [0.2, 0.25) is 0 Å². The first-order valence-corrected chi connectivity index (χ1v) is 5.93. The van der Waals surface area contributed by atoms with E-state index in [9.17, 15) is 4.79 Å². The second kappa shape index (κ2) is 6.86. The second-order valence-corrected chi connectivity index (χ2v) is 4.95. The maximum Gasteiger partial charge on any atom is 0.325 e. The van der Waals surface area contributed by atoms with Gasteiger partial charge in [0.05, 0.1) is 7.11 Å². The Morgan fingerprint density at radius 2 is 2.06 bits per heavy atom. The molecule has 16 heavy (non-hydrogen) atoms. The molecule has 0 spiro atoms. The van der Waals surface area contributed by atoms with E-state index in [2.05, 4.69) is 30.4 Å². The van der Waals surface area contributed by atoms with Crippen molar-refractivity contribution in [2.45, 2.75) is 39.7 Å². The van der Waals surface area contributed by atoms with E-state index in [4.69, 9.17) is 5.73 Å². The van der Waals surface area contributed by atoms with Crippen LogP contribution >= 0.6 is 0 Å². The van der Waals surface area contributed by atoms with Crippen molar-refractivity contribution in [3.63, 3.8) is 0 Å². The minimum Gasteiger partial charge on any atom is -0.468 e. The summed E-state index contributed by atoms with van der Waals surface area (Å²) in [7, 11) is 1.37. The summed E-state index contributed by atoms with van der Waals surface area (Å²) in [4.78, 5) is 13.7. The van der Waals surface area contributed by atoms with Crippen molar-refractivity contribution in [1.82, 2.24) is 4.90 Å². The van der Waals surface area contributed by atoms with Gasteiger partial charge in [-0.1, -0.05) is 20.8 Å². The number of carbonyl (C=O) groups excluding carboxylic acids is 1. The highest BCUT2D eigenvalue weighted by Crippen LogP contribution is 2.10. The molecule has 0 fully saturated rings. The highest BCUT2D eigenvalue weighted by Gasteiger charge is 2.29. The first-order valence-electron chi connectivity index (χ1n) is 5.93. The summed E-state index contributed by atoms with van der Waals surface area (Å²) in [6.45, 7) is 11.1. The summed E-state index contributed by atoms with van der Waals surface area (Å²) < 4.78 is 4.68. The molecule has 0 aromatic rings. The van der Waals surface area contributed by atoms with Crippen LogP contribution in [0.3, 0.4) is 0 Å². The van der Waals surface area contributed by atoms with E-state index in [1.54, 1.807) is 6.92 Å². The number of nitrogens with two attached hydrogens (primary N) is 1. The van der Waals surface area contributed by atoms with Crippen molar-refractivity contribution >= 4 is 5.97 Å². The quantitative estimate of drug-likeness (QED) is 0.669. The van der Waals surface area contributed by atoms with Gasteiger partial charge in [-0.25, -0.2) is 0 Å². The molecule has 1 atom stereocenters. The zero-order valence-corrected chi connectivity index (χ0v) is 11.2. The zero-order valence-electron chi connectivity index (χ0n) is 11.2. The molecule has 0 aliphatic carbocycles. The van der Waals surface area contributed by atoms with Crippen molar-refractivity contribution in [2.24, 2.45) is 11.7 Å². The molecular formula is C12H26N2O2. The molecule has 0 aromatic heterocycles. The predicted octanol–water partition coefficient (Wildman–Crippen LogP) is 1.24. The molecule has 96 valence electrons. The molecule has 4 nitrogen and oxygen atoms in total. The fourth-order valence-electron chi connectivity index (χ4n) is 1.62. The van der Waals surface area contributed by atoms with Gasteiger partial charge >= 0.3 is 5.97 Å². The fourth-order valence-corrected chi connectivity index (χ4v) is 1.62. The number of carbonyl (C=O) groups is 1. The third-order valence-electron chi connectivity index (χ3n) is 2.67. The van der Waals surface area contributed by atoms with Crippen molar-refractivity contribution in [3.8, 4) is 0 Å². The first-order chi connectivity index (χ1) is 7.33. The van der Waals surface area contributed by atoms with E-state index in [0.717, 1.165) is 19.6 Å². The van der Waals surface area contributed by atoms with Gasteiger partial charge < -0.3 is 15.4 Å². The summed E-state index contributed by atoms with van der Waals surface area (Å²) in [6, 6.07) is 0. The number of hydrogen-bond acceptors (Lipinski definition) is 4. The first kappa shape index (κ1) is 15.4. The van der Waals surface area contributed by atoms with Gasteiger partial charge in [0.1, 0.15) is 5.54 Å². The number of methoxy groups -OCH3 is 1. The average molecular weight is 230 g/mol. The molecule has 0 rings (SSSR count). The van der Waals surface area contributed by atoms with Crippen LogP contribution in [0.5, 0.6) is 0 Å². The molecule has 0 saturated carbocycles. The van der Waals surface area contributed by atoms with Crippen LogP contribution < -0.4 is 5.73 Å². The number of rotatable bonds is 7. The van der Waals surface area contributed by atoms with Gasteiger partial charge in [0.25, 0.3) is 0 Å². The lowest BCUT2D eigenvalue weighted by molar-refractivity contribution is -0.146. The monoisotopic (exact) mass is 230 g/mol. The van der Waals surface area contributed by atoms with Crippen LogP contribution in [-0.4, -0.2) is 43.2 Å². The van der Waals surface area contributed by atoms with Crippen LogP contribution in [0.4, 0.5) is 0 Å². The van der Waals surface area contributed by atoms with E-state index in [1.807, 2.05) is 0 Å². The smallest absolute Gasteiger partial charge is 0.325 e. The van der Waals surface area contributed by atoms with Gasteiger partial charge in [-0.3, -0.25) is 4.79 Å². The molecule has 0 amide bonds. The molecule has 1 unspecified atom stereocenters. The minimum absolute atomic E-state index is 0.340.